The maximum Gasteiger partial charge on any atom is 0.309 e. The van der Waals surface area contributed by atoms with Gasteiger partial charge in [0.15, 0.2) is 11.5 Å². The molecule has 3 rings (SSSR count). The molecule has 1 amide bonds. The van der Waals surface area contributed by atoms with Crippen molar-refractivity contribution >= 4 is 23.5 Å². The van der Waals surface area contributed by atoms with E-state index in [2.05, 4.69) is 10.2 Å². The molecule has 2 aliphatic heterocycles. The number of ether oxygens (including phenoxy) is 2. The van der Waals surface area contributed by atoms with Crippen LogP contribution in [0.3, 0.4) is 0 Å². The number of benzene rings is 1. The molecule has 1 aromatic carbocycles. The van der Waals surface area contributed by atoms with Crippen molar-refractivity contribution in [2.75, 3.05) is 27.3 Å². The molecule has 7 nitrogen and oxygen atoms in total. The van der Waals surface area contributed by atoms with E-state index in [1.807, 2.05) is 12.1 Å². The first kappa shape index (κ1) is 18.8. The summed E-state index contributed by atoms with van der Waals surface area (Å²) in [5, 5.41) is 12.9. The highest BCUT2D eigenvalue weighted by Gasteiger charge is 2.51. The lowest BCUT2D eigenvalue weighted by Crippen LogP contribution is -2.55. The first-order valence-corrected chi connectivity index (χ1v) is 8.93. The quantitative estimate of drug-likeness (QED) is 0.808. The molecular weight excluding hydrogens is 360 g/mol. The summed E-state index contributed by atoms with van der Waals surface area (Å²) in [7, 11) is 3.11. The van der Waals surface area contributed by atoms with Gasteiger partial charge >= 0.3 is 5.97 Å². The van der Waals surface area contributed by atoms with Crippen molar-refractivity contribution in [1.29, 1.82) is 0 Å². The second-order valence-electron chi connectivity index (χ2n) is 6.89. The fraction of sp³-hybridized carbons (Fsp3) is 0.556. The minimum absolute atomic E-state index is 0.0701. The van der Waals surface area contributed by atoms with Crippen LogP contribution in [-0.2, 0) is 16.1 Å². The lowest BCUT2D eigenvalue weighted by atomic mass is 9.77. The smallest absolute Gasteiger partial charge is 0.309 e. The summed E-state index contributed by atoms with van der Waals surface area (Å²) >= 11 is 6.26. The van der Waals surface area contributed by atoms with Crippen molar-refractivity contribution in [3.8, 4) is 11.5 Å². The van der Waals surface area contributed by atoms with Crippen molar-refractivity contribution in [2.45, 2.75) is 31.3 Å². The van der Waals surface area contributed by atoms with Crippen LogP contribution >= 0.6 is 11.6 Å². The summed E-state index contributed by atoms with van der Waals surface area (Å²) in [5.74, 6) is -0.625. The Labute approximate surface area is 157 Å². The molecule has 1 aromatic rings. The van der Waals surface area contributed by atoms with E-state index in [1.165, 1.54) is 0 Å². The predicted octanol–water partition coefficient (Wildman–Crippen LogP) is 1.91. The Hall–Kier alpha value is -1.99. The number of aliphatic carboxylic acids is 1. The van der Waals surface area contributed by atoms with Crippen molar-refractivity contribution in [2.24, 2.45) is 5.92 Å². The number of nitrogens with zero attached hydrogens (tertiary/aromatic N) is 1. The van der Waals surface area contributed by atoms with Gasteiger partial charge in [-0.1, -0.05) is 11.6 Å². The Morgan fingerprint density at radius 3 is 2.62 bits per heavy atom. The average Bonchev–Trinajstić information content (AvgIpc) is 2.93. The molecule has 0 bridgehead atoms. The monoisotopic (exact) mass is 382 g/mol. The zero-order valence-electron chi connectivity index (χ0n) is 14.9. The number of carbonyl (C=O) groups excluding carboxylic acids is 1. The van der Waals surface area contributed by atoms with Crippen LogP contribution in [0.2, 0.25) is 5.02 Å². The highest BCUT2D eigenvalue weighted by molar-refractivity contribution is 6.32. The van der Waals surface area contributed by atoms with Gasteiger partial charge in [0.1, 0.15) is 0 Å². The number of methoxy groups -OCH3 is 2. The molecule has 0 radical (unpaired) electrons. The van der Waals surface area contributed by atoms with E-state index < -0.39 is 17.4 Å². The Kier molecular flexibility index (Phi) is 5.29. The van der Waals surface area contributed by atoms with Crippen molar-refractivity contribution in [1.82, 2.24) is 10.2 Å². The van der Waals surface area contributed by atoms with Crippen molar-refractivity contribution in [3.05, 3.63) is 22.7 Å². The number of nitrogens with one attached hydrogen (secondary N) is 1. The van der Waals surface area contributed by atoms with Crippen LogP contribution in [-0.4, -0.2) is 54.7 Å². The molecule has 1 spiro atoms. The number of piperidine rings is 1. The van der Waals surface area contributed by atoms with E-state index in [1.54, 1.807) is 14.2 Å². The van der Waals surface area contributed by atoms with Gasteiger partial charge in [-0.2, -0.15) is 0 Å². The minimum Gasteiger partial charge on any atom is -0.493 e. The summed E-state index contributed by atoms with van der Waals surface area (Å²) in [5.41, 5.74) is 0.378. The maximum absolute atomic E-state index is 11.7. The lowest BCUT2D eigenvalue weighted by molar-refractivity contribution is -0.144. The predicted molar refractivity (Wildman–Crippen MR) is 95.7 cm³/mol. The van der Waals surface area contributed by atoms with E-state index in [9.17, 15) is 14.7 Å². The van der Waals surface area contributed by atoms with Crippen molar-refractivity contribution < 1.29 is 24.2 Å². The number of hydrogen-bond acceptors (Lipinski definition) is 5. The van der Waals surface area contributed by atoms with Gasteiger partial charge in [-0.25, -0.2) is 0 Å². The highest BCUT2D eigenvalue weighted by atomic mass is 35.5. The van der Waals surface area contributed by atoms with Gasteiger partial charge < -0.3 is 19.9 Å². The van der Waals surface area contributed by atoms with Crippen LogP contribution in [0.1, 0.15) is 24.8 Å². The normalized spacial score (nSPS) is 22.3. The fourth-order valence-electron chi connectivity index (χ4n) is 4.02. The number of hydrogen-bond donors (Lipinski definition) is 2. The zero-order valence-corrected chi connectivity index (χ0v) is 15.6. The highest BCUT2D eigenvalue weighted by Crippen LogP contribution is 2.39. The van der Waals surface area contributed by atoms with E-state index in [0.717, 1.165) is 5.56 Å². The summed E-state index contributed by atoms with van der Waals surface area (Å²) in [6.07, 6.45) is 1.31. The number of carboxylic acids is 1. The zero-order chi connectivity index (χ0) is 18.9. The van der Waals surface area contributed by atoms with Crippen LogP contribution in [0.15, 0.2) is 12.1 Å². The van der Waals surface area contributed by atoms with Gasteiger partial charge in [0, 0.05) is 26.1 Å². The van der Waals surface area contributed by atoms with Crippen LogP contribution in [0.4, 0.5) is 0 Å². The topological polar surface area (TPSA) is 88.1 Å². The molecule has 2 aliphatic rings. The largest absolute Gasteiger partial charge is 0.493 e. The SMILES string of the molecule is COc1cc(CN2CCC3(CC2)NC(=O)C[C@H]3C(=O)O)cc(Cl)c1OC. The molecule has 26 heavy (non-hydrogen) atoms. The lowest BCUT2D eigenvalue weighted by Gasteiger charge is -2.41. The Morgan fingerprint density at radius 2 is 2.04 bits per heavy atom. The molecule has 0 aromatic heterocycles. The van der Waals surface area contributed by atoms with Gasteiger partial charge in [0.25, 0.3) is 0 Å². The minimum atomic E-state index is -0.900. The van der Waals surface area contributed by atoms with E-state index >= 15 is 0 Å². The molecule has 1 atom stereocenters. The van der Waals surface area contributed by atoms with Gasteiger partial charge in [-0.15, -0.1) is 0 Å². The molecule has 2 N–H and O–H groups in total. The van der Waals surface area contributed by atoms with Crippen LogP contribution in [0, 0.1) is 5.92 Å². The van der Waals surface area contributed by atoms with Gasteiger partial charge in [0.2, 0.25) is 5.91 Å². The molecular formula is C18H23ClN2O5. The first-order valence-electron chi connectivity index (χ1n) is 8.55. The van der Waals surface area contributed by atoms with E-state index in [4.69, 9.17) is 21.1 Å². The van der Waals surface area contributed by atoms with Gasteiger partial charge in [-0.05, 0) is 30.5 Å². The van der Waals surface area contributed by atoms with Crippen molar-refractivity contribution in [3.63, 3.8) is 0 Å². The second-order valence-corrected chi connectivity index (χ2v) is 7.30. The summed E-state index contributed by atoms with van der Waals surface area (Å²) < 4.78 is 10.6. The molecule has 2 fully saturated rings. The third-order valence-electron chi connectivity index (χ3n) is 5.39. The van der Waals surface area contributed by atoms with Crippen LogP contribution in [0.5, 0.6) is 11.5 Å². The van der Waals surface area contributed by atoms with Crippen LogP contribution < -0.4 is 14.8 Å². The number of halogens is 1. The summed E-state index contributed by atoms with van der Waals surface area (Å²) in [6, 6.07) is 3.75. The number of carbonyl (C=O) groups is 2. The molecule has 0 unspecified atom stereocenters. The number of amides is 1. The maximum atomic E-state index is 11.7. The van der Waals surface area contributed by atoms with Gasteiger partial charge in [0.05, 0.1) is 30.7 Å². The Morgan fingerprint density at radius 1 is 1.35 bits per heavy atom. The number of rotatable bonds is 5. The molecule has 8 heteroatoms. The molecule has 0 saturated carbocycles. The standard InChI is InChI=1S/C18H23ClN2O5/c1-25-14-8-11(7-13(19)16(14)26-2)10-21-5-3-18(4-6-21)12(17(23)24)9-15(22)20-18/h7-8,12H,3-6,9-10H2,1-2H3,(H,20,22)(H,23,24)/t12-/m0/s1. The van der Waals surface area contributed by atoms with E-state index in [0.29, 0.717) is 49.0 Å². The molecule has 142 valence electrons. The average molecular weight is 383 g/mol. The Bertz CT molecular complexity index is 716. The first-order chi connectivity index (χ1) is 12.4. The van der Waals surface area contributed by atoms with Gasteiger partial charge in [-0.3, -0.25) is 14.5 Å². The third-order valence-corrected chi connectivity index (χ3v) is 5.67. The van der Waals surface area contributed by atoms with E-state index in [-0.39, 0.29) is 12.3 Å². The molecule has 2 saturated heterocycles. The number of likely N-dealkylation sites (tertiary alicyclic amines) is 1. The molecule has 0 aliphatic carbocycles. The second kappa shape index (κ2) is 7.32. The Balaban J connectivity index is 1.69. The third kappa shape index (κ3) is 3.46. The summed E-state index contributed by atoms with van der Waals surface area (Å²) in [4.78, 5) is 25.5. The van der Waals surface area contributed by atoms with Crippen LogP contribution in [0.25, 0.3) is 0 Å². The molecule has 2 heterocycles. The fourth-order valence-corrected chi connectivity index (χ4v) is 4.34. The number of carboxylic acid groups (broad SMARTS) is 1. The summed E-state index contributed by atoms with van der Waals surface area (Å²) in [6.45, 7) is 2.08.